The number of fused-ring (bicyclic) bond motifs is 4. The van der Waals surface area contributed by atoms with Crippen LogP contribution in [0.1, 0.15) is 0 Å². The molecule has 0 aliphatic carbocycles. The van der Waals surface area contributed by atoms with Crippen molar-refractivity contribution < 1.29 is 4.74 Å². The summed E-state index contributed by atoms with van der Waals surface area (Å²) in [5.74, 6) is 1.84. The van der Waals surface area contributed by atoms with Crippen LogP contribution in [0.25, 0.3) is 65.7 Å². The predicted molar refractivity (Wildman–Crippen MR) is 155 cm³/mol. The van der Waals surface area contributed by atoms with Crippen LogP contribution in [0.3, 0.4) is 0 Å². The molecule has 0 amide bonds. The Morgan fingerprint density at radius 2 is 0.946 bits per heavy atom. The lowest BCUT2D eigenvalue weighted by Crippen LogP contribution is -1.97. The Hall–Kier alpha value is -4.88. The Balaban J connectivity index is 1.41. The fourth-order valence-corrected chi connectivity index (χ4v) is 5.99. The van der Waals surface area contributed by atoms with E-state index in [9.17, 15) is 0 Å². The first kappa shape index (κ1) is 20.3. The molecule has 1 aliphatic rings. The molecule has 0 radical (unpaired) electrons. The topological polar surface area (TPSA) is 9.23 Å². The molecule has 7 aromatic rings. The molecule has 0 bridgehead atoms. The molecule has 0 saturated carbocycles. The molecular weight excluding hydrogens is 448 g/mol. The van der Waals surface area contributed by atoms with Gasteiger partial charge in [-0.1, -0.05) is 109 Å². The summed E-state index contributed by atoms with van der Waals surface area (Å²) in [6.07, 6.45) is 0. The average molecular weight is 471 g/mol. The lowest BCUT2D eigenvalue weighted by Gasteiger charge is -2.22. The van der Waals surface area contributed by atoms with Crippen LogP contribution in [0.15, 0.2) is 133 Å². The van der Waals surface area contributed by atoms with Crippen molar-refractivity contribution in [1.82, 2.24) is 0 Å². The molecule has 1 nitrogen and oxygen atoms in total. The minimum Gasteiger partial charge on any atom is -0.456 e. The maximum Gasteiger partial charge on any atom is 0.135 e. The number of para-hydroxylation sites is 1. The fraction of sp³-hybridized carbons (Fsp3) is 0. The third-order valence-electron chi connectivity index (χ3n) is 7.65. The molecule has 0 atom stereocenters. The summed E-state index contributed by atoms with van der Waals surface area (Å²) in [6, 6.07) is 47.9. The Bertz CT molecular complexity index is 2010. The van der Waals surface area contributed by atoms with Gasteiger partial charge in [0, 0.05) is 10.9 Å². The van der Waals surface area contributed by atoms with Gasteiger partial charge in [0.1, 0.15) is 11.5 Å². The Kier molecular flexibility index (Phi) is 4.29. The van der Waals surface area contributed by atoms with Gasteiger partial charge in [-0.2, -0.15) is 0 Å². The van der Waals surface area contributed by atoms with Crippen LogP contribution in [-0.2, 0) is 0 Å². The van der Waals surface area contributed by atoms with Crippen molar-refractivity contribution in [1.29, 1.82) is 0 Å². The maximum absolute atomic E-state index is 6.27. The normalized spacial score (nSPS) is 12.0. The quantitative estimate of drug-likeness (QED) is 0.244. The van der Waals surface area contributed by atoms with E-state index >= 15 is 0 Å². The molecule has 0 N–H and O–H groups in total. The Morgan fingerprint density at radius 3 is 1.86 bits per heavy atom. The number of rotatable bonds is 2. The highest BCUT2D eigenvalue weighted by Gasteiger charge is 2.21. The third-order valence-corrected chi connectivity index (χ3v) is 7.65. The summed E-state index contributed by atoms with van der Waals surface area (Å²) in [7, 11) is 0. The van der Waals surface area contributed by atoms with Crippen molar-refractivity contribution in [3.63, 3.8) is 0 Å². The van der Waals surface area contributed by atoms with Crippen LogP contribution in [-0.4, -0.2) is 0 Å². The van der Waals surface area contributed by atoms with E-state index in [-0.39, 0.29) is 0 Å². The van der Waals surface area contributed by atoms with Gasteiger partial charge in [-0.05, 0) is 79.0 Å². The first-order chi connectivity index (χ1) is 18.3. The van der Waals surface area contributed by atoms with Crippen LogP contribution in [0.2, 0.25) is 0 Å². The van der Waals surface area contributed by atoms with E-state index in [0.717, 1.165) is 17.1 Å². The largest absolute Gasteiger partial charge is 0.456 e. The molecule has 172 valence electrons. The molecule has 0 unspecified atom stereocenters. The summed E-state index contributed by atoms with van der Waals surface area (Å²) in [5.41, 5.74) is 7.37. The molecule has 0 fully saturated rings. The number of hydrogen-bond donors (Lipinski definition) is 0. The van der Waals surface area contributed by atoms with Crippen molar-refractivity contribution >= 4 is 32.3 Å². The van der Waals surface area contributed by atoms with Gasteiger partial charge in [0.05, 0.1) is 0 Å². The highest BCUT2D eigenvalue weighted by Crippen LogP contribution is 2.48. The van der Waals surface area contributed by atoms with Crippen molar-refractivity contribution in [3.8, 4) is 44.9 Å². The molecule has 1 aliphatic heterocycles. The van der Waals surface area contributed by atoms with Gasteiger partial charge in [-0.15, -0.1) is 0 Å². The zero-order chi connectivity index (χ0) is 24.3. The molecule has 7 aromatic carbocycles. The van der Waals surface area contributed by atoms with Gasteiger partial charge in [0.25, 0.3) is 0 Å². The second kappa shape index (κ2) is 7.81. The first-order valence-electron chi connectivity index (χ1n) is 12.7. The van der Waals surface area contributed by atoms with E-state index in [2.05, 4.69) is 127 Å². The van der Waals surface area contributed by atoms with Gasteiger partial charge < -0.3 is 4.74 Å². The standard InChI is InChI=1S/C36H22O/c1-2-12-26-23(9-1)10-7-16-29(26)31-20-19-27(28-13-3-4-14-30(28)31)25-21-24-11-8-18-35-36(24)33(22-25)32-15-5-6-17-34(32)37-35/h1-22H. The Morgan fingerprint density at radius 1 is 0.351 bits per heavy atom. The van der Waals surface area contributed by atoms with E-state index in [0.29, 0.717) is 0 Å². The van der Waals surface area contributed by atoms with E-state index in [4.69, 9.17) is 4.74 Å². The van der Waals surface area contributed by atoms with Crippen molar-refractivity contribution in [3.05, 3.63) is 133 Å². The molecule has 0 saturated heterocycles. The van der Waals surface area contributed by atoms with Crippen molar-refractivity contribution in [2.45, 2.75) is 0 Å². The summed E-state index contributed by atoms with van der Waals surface area (Å²) >= 11 is 0. The molecule has 1 heteroatoms. The summed E-state index contributed by atoms with van der Waals surface area (Å²) < 4.78 is 6.27. The number of ether oxygens (including phenoxy) is 1. The Labute approximate surface area is 215 Å². The fourth-order valence-electron chi connectivity index (χ4n) is 5.99. The highest BCUT2D eigenvalue weighted by molar-refractivity contribution is 6.12. The molecule has 8 rings (SSSR count). The second-order valence-electron chi connectivity index (χ2n) is 9.71. The highest BCUT2D eigenvalue weighted by atomic mass is 16.5. The van der Waals surface area contributed by atoms with E-state index < -0.39 is 0 Å². The van der Waals surface area contributed by atoms with Crippen LogP contribution >= 0.6 is 0 Å². The van der Waals surface area contributed by atoms with Gasteiger partial charge in [0.2, 0.25) is 0 Å². The second-order valence-corrected chi connectivity index (χ2v) is 9.71. The summed E-state index contributed by atoms with van der Waals surface area (Å²) in [6.45, 7) is 0. The van der Waals surface area contributed by atoms with Crippen molar-refractivity contribution in [2.24, 2.45) is 0 Å². The predicted octanol–water partition coefficient (Wildman–Crippen LogP) is 10.3. The van der Waals surface area contributed by atoms with Crippen LogP contribution < -0.4 is 4.74 Å². The van der Waals surface area contributed by atoms with Gasteiger partial charge >= 0.3 is 0 Å². The third kappa shape index (κ3) is 3.04. The molecule has 0 spiro atoms. The van der Waals surface area contributed by atoms with Gasteiger partial charge in [-0.3, -0.25) is 0 Å². The average Bonchev–Trinajstić information content (AvgIpc) is 2.96. The smallest absolute Gasteiger partial charge is 0.135 e. The minimum atomic E-state index is 0.913. The molecule has 1 heterocycles. The van der Waals surface area contributed by atoms with Gasteiger partial charge in [-0.25, -0.2) is 0 Å². The van der Waals surface area contributed by atoms with E-state index in [1.807, 2.05) is 6.07 Å². The SMILES string of the molecule is c1ccc2c(c1)Oc1cccc3cc(-c4ccc(-c5cccc6ccccc56)c5ccccc45)cc-2c13. The zero-order valence-corrected chi connectivity index (χ0v) is 20.1. The van der Waals surface area contributed by atoms with Crippen LogP contribution in [0.5, 0.6) is 11.5 Å². The van der Waals surface area contributed by atoms with E-state index in [1.165, 1.54) is 60.1 Å². The van der Waals surface area contributed by atoms with Crippen molar-refractivity contribution in [2.75, 3.05) is 0 Å². The lowest BCUT2D eigenvalue weighted by molar-refractivity contribution is 0.487. The number of benzene rings is 7. The summed E-state index contributed by atoms with van der Waals surface area (Å²) in [5, 5.41) is 7.45. The summed E-state index contributed by atoms with van der Waals surface area (Å²) in [4.78, 5) is 0. The number of hydrogen-bond acceptors (Lipinski definition) is 1. The maximum atomic E-state index is 6.27. The van der Waals surface area contributed by atoms with Crippen LogP contribution in [0, 0.1) is 0 Å². The zero-order valence-electron chi connectivity index (χ0n) is 20.1. The lowest BCUT2D eigenvalue weighted by atomic mass is 9.87. The minimum absolute atomic E-state index is 0.913. The van der Waals surface area contributed by atoms with Crippen LogP contribution in [0.4, 0.5) is 0 Å². The first-order valence-corrected chi connectivity index (χ1v) is 12.7. The molecule has 37 heavy (non-hydrogen) atoms. The molecular formula is C36H22O. The van der Waals surface area contributed by atoms with E-state index in [1.54, 1.807) is 0 Å². The monoisotopic (exact) mass is 470 g/mol. The molecule has 0 aromatic heterocycles. The van der Waals surface area contributed by atoms with Gasteiger partial charge in [0.15, 0.2) is 0 Å².